The minimum absolute atomic E-state index is 0.0254. The van der Waals surface area contributed by atoms with E-state index >= 15 is 0 Å². The lowest BCUT2D eigenvalue weighted by Gasteiger charge is -2.37. The molecule has 2 heterocycles. The van der Waals surface area contributed by atoms with Gasteiger partial charge in [0.15, 0.2) is 0 Å². The molecule has 19 heavy (non-hydrogen) atoms. The van der Waals surface area contributed by atoms with Gasteiger partial charge in [-0.3, -0.25) is 4.79 Å². The van der Waals surface area contributed by atoms with E-state index in [0.717, 1.165) is 0 Å². The van der Waals surface area contributed by atoms with E-state index in [1.54, 1.807) is 24.0 Å². The number of aromatic nitrogens is 1. The maximum atomic E-state index is 12.5. The molecule has 1 aromatic heterocycles. The molecule has 6 heteroatoms. The lowest BCUT2D eigenvalue weighted by atomic mass is 10.1. The molecule has 1 aliphatic rings. The maximum absolute atomic E-state index is 12.5. The Hall–Kier alpha value is -1.17. The third-order valence-corrected chi connectivity index (χ3v) is 3.33. The van der Waals surface area contributed by atoms with Crippen molar-refractivity contribution in [2.24, 2.45) is 0 Å². The summed E-state index contributed by atoms with van der Waals surface area (Å²) in [5.41, 5.74) is 1.22. The van der Waals surface area contributed by atoms with E-state index in [-0.39, 0.29) is 24.7 Å². The van der Waals surface area contributed by atoms with Crippen LogP contribution in [-0.2, 0) is 4.74 Å². The predicted octanol–water partition coefficient (Wildman–Crippen LogP) is 1.27. The van der Waals surface area contributed by atoms with Crippen LogP contribution >= 0.6 is 11.6 Å². The molecule has 5 nitrogen and oxygen atoms in total. The number of morpholine rings is 1. The van der Waals surface area contributed by atoms with Gasteiger partial charge in [0, 0.05) is 17.8 Å². The molecule has 1 fully saturated rings. The van der Waals surface area contributed by atoms with Crippen molar-refractivity contribution in [1.29, 1.82) is 0 Å². The van der Waals surface area contributed by atoms with Crippen LogP contribution in [0.1, 0.15) is 23.0 Å². The molecule has 1 aliphatic heterocycles. The van der Waals surface area contributed by atoms with Gasteiger partial charge in [0.05, 0.1) is 25.4 Å². The third kappa shape index (κ3) is 3.23. The number of aryl methyl sites for hydroxylation is 1. The Labute approximate surface area is 117 Å². The van der Waals surface area contributed by atoms with Crippen molar-refractivity contribution in [3.8, 4) is 0 Å². The highest BCUT2D eigenvalue weighted by molar-refractivity contribution is 6.29. The SMILES string of the molecule is Cc1cc(C(=O)N2CC(CO)OCC2C)cc(Cl)n1. The number of aliphatic hydroxyl groups excluding tert-OH is 1. The van der Waals surface area contributed by atoms with Crippen molar-refractivity contribution in [1.82, 2.24) is 9.88 Å². The number of carbonyl (C=O) groups is 1. The largest absolute Gasteiger partial charge is 0.394 e. The fourth-order valence-electron chi connectivity index (χ4n) is 2.13. The fourth-order valence-corrected chi connectivity index (χ4v) is 2.38. The van der Waals surface area contributed by atoms with Gasteiger partial charge in [-0.05, 0) is 26.0 Å². The Morgan fingerprint density at radius 3 is 3.00 bits per heavy atom. The second-order valence-corrected chi connectivity index (χ2v) is 5.15. The number of hydrogen-bond donors (Lipinski definition) is 1. The van der Waals surface area contributed by atoms with E-state index in [4.69, 9.17) is 21.4 Å². The lowest BCUT2D eigenvalue weighted by molar-refractivity contribution is -0.0667. The van der Waals surface area contributed by atoms with Gasteiger partial charge in [-0.25, -0.2) is 4.98 Å². The summed E-state index contributed by atoms with van der Waals surface area (Å²) < 4.78 is 5.42. The molecule has 1 aromatic rings. The number of halogens is 1. The van der Waals surface area contributed by atoms with Crippen LogP contribution in [-0.4, -0.2) is 52.8 Å². The zero-order valence-corrected chi connectivity index (χ0v) is 11.7. The first-order valence-corrected chi connectivity index (χ1v) is 6.56. The topological polar surface area (TPSA) is 62.7 Å². The Kier molecular flexibility index (Phi) is 4.39. The van der Waals surface area contributed by atoms with E-state index in [1.165, 1.54) is 0 Å². The Balaban J connectivity index is 2.21. The van der Waals surface area contributed by atoms with Crippen molar-refractivity contribution in [2.75, 3.05) is 19.8 Å². The molecule has 2 atom stereocenters. The van der Waals surface area contributed by atoms with Crippen LogP contribution in [0.4, 0.5) is 0 Å². The monoisotopic (exact) mass is 284 g/mol. The molecule has 0 aliphatic carbocycles. The number of carbonyl (C=O) groups excluding carboxylic acids is 1. The second kappa shape index (κ2) is 5.86. The first kappa shape index (κ1) is 14.2. The summed E-state index contributed by atoms with van der Waals surface area (Å²) in [5, 5.41) is 9.45. The molecular formula is C13H17ClN2O3. The van der Waals surface area contributed by atoms with Gasteiger partial charge in [0.2, 0.25) is 0 Å². The standard InChI is InChI=1S/C13H17ClN2O3/c1-8-3-10(4-12(14)15-8)13(18)16-5-11(6-17)19-7-9(16)2/h3-4,9,11,17H,5-7H2,1-2H3. The molecule has 0 spiro atoms. The first-order chi connectivity index (χ1) is 9.01. The number of amides is 1. The molecule has 0 bridgehead atoms. The molecule has 1 N–H and O–H groups in total. The van der Waals surface area contributed by atoms with E-state index < -0.39 is 0 Å². The van der Waals surface area contributed by atoms with Crippen LogP contribution in [0.2, 0.25) is 5.15 Å². The lowest BCUT2D eigenvalue weighted by Crippen LogP contribution is -2.52. The normalized spacial score (nSPS) is 23.5. The van der Waals surface area contributed by atoms with E-state index in [9.17, 15) is 4.79 Å². The molecule has 0 radical (unpaired) electrons. The van der Waals surface area contributed by atoms with Crippen LogP contribution in [0.3, 0.4) is 0 Å². The molecule has 2 rings (SSSR count). The molecular weight excluding hydrogens is 268 g/mol. The van der Waals surface area contributed by atoms with Crippen LogP contribution in [0.15, 0.2) is 12.1 Å². The van der Waals surface area contributed by atoms with Gasteiger partial charge in [-0.2, -0.15) is 0 Å². The Bertz CT molecular complexity index is 461. The van der Waals surface area contributed by atoms with Crippen molar-refractivity contribution in [3.05, 3.63) is 28.5 Å². The van der Waals surface area contributed by atoms with Crippen molar-refractivity contribution < 1.29 is 14.6 Å². The summed E-state index contributed by atoms with van der Waals surface area (Å²) in [6.07, 6.45) is -0.321. The number of ether oxygens (including phenoxy) is 1. The summed E-state index contributed by atoms with van der Waals surface area (Å²) in [6.45, 7) is 4.43. The number of nitrogens with zero attached hydrogens (tertiary/aromatic N) is 2. The highest BCUT2D eigenvalue weighted by Gasteiger charge is 2.30. The molecule has 0 aromatic carbocycles. The summed E-state index contributed by atoms with van der Waals surface area (Å²) in [5.74, 6) is -0.110. The zero-order valence-electron chi connectivity index (χ0n) is 11.0. The number of aliphatic hydroxyl groups is 1. The highest BCUT2D eigenvalue weighted by atomic mass is 35.5. The molecule has 0 saturated carbocycles. The van der Waals surface area contributed by atoms with Crippen LogP contribution < -0.4 is 0 Å². The number of pyridine rings is 1. The van der Waals surface area contributed by atoms with E-state index in [0.29, 0.717) is 29.6 Å². The molecule has 104 valence electrons. The van der Waals surface area contributed by atoms with Gasteiger partial charge in [-0.1, -0.05) is 11.6 Å². The van der Waals surface area contributed by atoms with Crippen molar-refractivity contribution in [3.63, 3.8) is 0 Å². The fraction of sp³-hybridized carbons (Fsp3) is 0.538. The average Bonchev–Trinajstić information content (AvgIpc) is 2.37. The van der Waals surface area contributed by atoms with Crippen molar-refractivity contribution in [2.45, 2.75) is 26.0 Å². The van der Waals surface area contributed by atoms with Gasteiger partial charge in [0.1, 0.15) is 5.15 Å². The highest BCUT2D eigenvalue weighted by Crippen LogP contribution is 2.18. The summed E-state index contributed by atoms with van der Waals surface area (Å²) in [7, 11) is 0. The first-order valence-electron chi connectivity index (χ1n) is 6.19. The third-order valence-electron chi connectivity index (χ3n) is 3.14. The van der Waals surface area contributed by atoms with E-state index in [2.05, 4.69) is 4.98 Å². The quantitative estimate of drug-likeness (QED) is 0.831. The summed E-state index contributed by atoms with van der Waals surface area (Å²) in [6, 6.07) is 3.25. The molecule has 1 amide bonds. The smallest absolute Gasteiger partial charge is 0.254 e. The van der Waals surface area contributed by atoms with Crippen LogP contribution in [0, 0.1) is 6.92 Å². The van der Waals surface area contributed by atoms with Gasteiger partial charge in [0.25, 0.3) is 5.91 Å². The molecule has 1 saturated heterocycles. The summed E-state index contributed by atoms with van der Waals surface area (Å²) in [4.78, 5) is 18.2. The van der Waals surface area contributed by atoms with E-state index in [1.807, 2.05) is 6.92 Å². The van der Waals surface area contributed by atoms with Crippen LogP contribution in [0.5, 0.6) is 0 Å². The number of rotatable bonds is 2. The van der Waals surface area contributed by atoms with Gasteiger partial charge >= 0.3 is 0 Å². The summed E-state index contributed by atoms with van der Waals surface area (Å²) >= 11 is 5.88. The zero-order chi connectivity index (χ0) is 14.0. The second-order valence-electron chi connectivity index (χ2n) is 4.76. The maximum Gasteiger partial charge on any atom is 0.254 e. The Morgan fingerprint density at radius 2 is 2.37 bits per heavy atom. The minimum Gasteiger partial charge on any atom is -0.394 e. The van der Waals surface area contributed by atoms with Crippen molar-refractivity contribution >= 4 is 17.5 Å². The number of hydrogen-bond acceptors (Lipinski definition) is 4. The predicted molar refractivity (Wildman–Crippen MR) is 71.3 cm³/mol. The van der Waals surface area contributed by atoms with Gasteiger partial charge < -0.3 is 14.7 Å². The average molecular weight is 285 g/mol. The minimum atomic E-state index is -0.321. The Morgan fingerprint density at radius 1 is 1.63 bits per heavy atom. The van der Waals surface area contributed by atoms with Gasteiger partial charge in [-0.15, -0.1) is 0 Å². The van der Waals surface area contributed by atoms with Crippen LogP contribution in [0.25, 0.3) is 0 Å². The molecule has 2 unspecified atom stereocenters.